The summed E-state index contributed by atoms with van der Waals surface area (Å²) in [5.41, 5.74) is 7.41. The highest BCUT2D eigenvalue weighted by molar-refractivity contribution is 7.92. The molecule has 0 aliphatic carbocycles. The lowest BCUT2D eigenvalue weighted by Gasteiger charge is -2.12. The number of anilines is 1. The second kappa shape index (κ2) is 5.45. The molecule has 6 nitrogen and oxygen atoms in total. The Kier molecular flexibility index (Phi) is 4.02. The van der Waals surface area contributed by atoms with E-state index in [1.54, 1.807) is 13.8 Å². The molecule has 0 spiro atoms. The minimum absolute atomic E-state index is 0.0542. The van der Waals surface area contributed by atoms with Gasteiger partial charge in [0.05, 0.1) is 22.0 Å². The van der Waals surface area contributed by atoms with E-state index in [0.717, 1.165) is 0 Å². The highest BCUT2D eigenvalue weighted by Crippen LogP contribution is 2.25. The SMILES string of the molecule is Cc1n[nH]c(C)c1NS(=O)(=O)c1cc(CN)cc(F)c1C. The summed E-state index contributed by atoms with van der Waals surface area (Å²) in [5.74, 6) is -0.598. The van der Waals surface area contributed by atoms with E-state index < -0.39 is 15.8 Å². The first-order valence-corrected chi connectivity index (χ1v) is 7.78. The Hall–Kier alpha value is -1.93. The van der Waals surface area contributed by atoms with Crippen molar-refractivity contribution >= 4 is 15.7 Å². The number of hydrogen-bond donors (Lipinski definition) is 3. The summed E-state index contributed by atoms with van der Waals surface area (Å²) in [5, 5.41) is 6.61. The van der Waals surface area contributed by atoms with Crippen LogP contribution in [-0.4, -0.2) is 18.6 Å². The zero-order valence-corrected chi connectivity index (χ0v) is 12.8. The molecule has 21 heavy (non-hydrogen) atoms. The first-order valence-electron chi connectivity index (χ1n) is 6.29. The van der Waals surface area contributed by atoms with Crippen LogP contribution in [0.1, 0.15) is 22.5 Å². The van der Waals surface area contributed by atoms with Gasteiger partial charge in [0.25, 0.3) is 10.0 Å². The van der Waals surface area contributed by atoms with E-state index in [9.17, 15) is 12.8 Å². The van der Waals surface area contributed by atoms with Gasteiger partial charge in [0, 0.05) is 12.1 Å². The van der Waals surface area contributed by atoms with Crippen molar-refractivity contribution < 1.29 is 12.8 Å². The van der Waals surface area contributed by atoms with E-state index in [-0.39, 0.29) is 17.0 Å². The molecule has 0 unspecified atom stereocenters. The number of halogens is 1. The van der Waals surface area contributed by atoms with Crippen molar-refractivity contribution in [3.05, 3.63) is 40.5 Å². The third kappa shape index (κ3) is 2.91. The van der Waals surface area contributed by atoms with Gasteiger partial charge in [-0.2, -0.15) is 5.10 Å². The van der Waals surface area contributed by atoms with Gasteiger partial charge >= 0.3 is 0 Å². The number of nitrogens with zero attached hydrogens (tertiary/aromatic N) is 1. The van der Waals surface area contributed by atoms with Crippen molar-refractivity contribution in [2.75, 3.05) is 4.72 Å². The maximum absolute atomic E-state index is 13.8. The maximum atomic E-state index is 13.8. The number of aromatic nitrogens is 2. The molecule has 0 radical (unpaired) electrons. The summed E-state index contributed by atoms with van der Waals surface area (Å²) in [7, 11) is -3.92. The number of benzene rings is 1. The van der Waals surface area contributed by atoms with Gasteiger partial charge in [-0.15, -0.1) is 0 Å². The third-order valence-corrected chi connectivity index (χ3v) is 4.72. The fourth-order valence-corrected chi connectivity index (χ4v) is 3.48. The normalized spacial score (nSPS) is 11.7. The molecule has 0 saturated carbocycles. The Balaban J connectivity index is 2.52. The number of nitrogens with one attached hydrogen (secondary N) is 2. The Labute approximate surface area is 122 Å². The topological polar surface area (TPSA) is 101 Å². The molecular weight excluding hydrogens is 295 g/mol. The largest absolute Gasteiger partial charge is 0.326 e. The van der Waals surface area contributed by atoms with Crippen LogP contribution in [0.2, 0.25) is 0 Å². The van der Waals surface area contributed by atoms with Gasteiger partial charge in [0.15, 0.2) is 0 Å². The zero-order chi connectivity index (χ0) is 15.8. The van der Waals surface area contributed by atoms with Crippen LogP contribution in [0.5, 0.6) is 0 Å². The molecule has 1 aromatic carbocycles. The molecule has 1 aromatic heterocycles. The van der Waals surface area contributed by atoms with E-state index in [0.29, 0.717) is 22.6 Å². The van der Waals surface area contributed by atoms with Crippen molar-refractivity contribution in [2.45, 2.75) is 32.2 Å². The fraction of sp³-hybridized carbons (Fsp3) is 0.308. The zero-order valence-electron chi connectivity index (χ0n) is 12.0. The summed E-state index contributed by atoms with van der Waals surface area (Å²) in [4.78, 5) is -0.122. The Morgan fingerprint density at radius 3 is 2.52 bits per heavy atom. The average Bonchev–Trinajstić information content (AvgIpc) is 2.73. The highest BCUT2D eigenvalue weighted by Gasteiger charge is 2.22. The predicted octanol–water partition coefficient (Wildman–Crippen LogP) is 1.73. The van der Waals surface area contributed by atoms with Crippen LogP contribution in [0, 0.1) is 26.6 Å². The summed E-state index contributed by atoms with van der Waals surface area (Å²) in [6, 6.07) is 2.62. The van der Waals surface area contributed by atoms with Crippen LogP contribution in [0.15, 0.2) is 17.0 Å². The molecule has 0 saturated heterocycles. The number of aromatic amines is 1. The molecule has 2 aromatic rings. The molecule has 0 fully saturated rings. The molecule has 0 bridgehead atoms. The number of rotatable bonds is 4. The summed E-state index contributed by atoms with van der Waals surface area (Å²) in [6.45, 7) is 4.84. The second-order valence-corrected chi connectivity index (χ2v) is 6.47. The van der Waals surface area contributed by atoms with Crippen LogP contribution in [0.3, 0.4) is 0 Å². The molecule has 4 N–H and O–H groups in total. The number of aryl methyl sites for hydroxylation is 2. The number of H-pyrrole nitrogens is 1. The molecule has 1 heterocycles. The number of sulfonamides is 1. The third-order valence-electron chi connectivity index (χ3n) is 3.25. The van der Waals surface area contributed by atoms with Crippen LogP contribution < -0.4 is 10.5 Å². The highest BCUT2D eigenvalue weighted by atomic mass is 32.2. The van der Waals surface area contributed by atoms with Crippen LogP contribution in [0.25, 0.3) is 0 Å². The smallest absolute Gasteiger partial charge is 0.262 e. The van der Waals surface area contributed by atoms with E-state index in [4.69, 9.17) is 5.73 Å². The monoisotopic (exact) mass is 312 g/mol. The first kappa shape index (κ1) is 15.5. The lowest BCUT2D eigenvalue weighted by atomic mass is 10.1. The van der Waals surface area contributed by atoms with E-state index in [1.807, 2.05) is 0 Å². The van der Waals surface area contributed by atoms with Gasteiger partial charge in [-0.1, -0.05) is 0 Å². The average molecular weight is 312 g/mol. The summed E-state index contributed by atoms with van der Waals surface area (Å²) in [6.07, 6.45) is 0. The van der Waals surface area contributed by atoms with Gasteiger partial charge in [-0.05, 0) is 38.5 Å². The van der Waals surface area contributed by atoms with Crippen LogP contribution >= 0.6 is 0 Å². The quantitative estimate of drug-likeness (QED) is 0.800. The van der Waals surface area contributed by atoms with Gasteiger partial charge in [-0.25, -0.2) is 12.8 Å². The lowest BCUT2D eigenvalue weighted by Crippen LogP contribution is -2.16. The minimum atomic E-state index is -3.92. The van der Waals surface area contributed by atoms with Gasteiger partial charge < -0.3 is 5.73 Å². The standard InChI is InChI=1S/C13H17FN4O2S/c1-7-11(14)4-10(6-15)5-12(7)21(19,20)18-13-8(2)16-17-9(13)3/h4-5,18H,6,15H2,1-3H3,(H,16,17). The summed E-state index contributed by atoms with van der Waals surface area (Å²) >= 11 is 0. The lowest BCUT2D eigenvalue weighted by molar-refractivity contribution is 0.589. The van der Waals surface area contributed by atoms with E-state index in [1.165, 1.54) is 19.1 Å². The van der Waals surface area contributed by atoms with Gasteiger partial charge in [-0.3, -0.25) is 9.82 Å². The molecular formula is C13H17FN4O2S. The van der Waals surface area contributed by atoms with E-state index in [2.05, 4.69) is 14.9 Å². The molecule has 114 valence electrons. The Morgan fingerprint density at radius 2 is 2.00 bits per heavy atom. The van der Waals surface area contributed by atoms with Crippen LogP contribution in [0.4, 0.5) is 10.1 Å². The van der Waals surface area contributed by atoms with Crippen LogP contribution in [-0.2, 0) is 16.6 Å². The second-order valence-electron chi connectivity index (χ2n) is 4.82. The minimum Gasteiger partial charge on any atom is -0.326 e. The molecule has 2 rings (SSSR count). The number of nitrogens with two attached hydrogens (primary N) is 1. The molecule has 0 atom stereocenters. The summed E-state index contributed by atoms with van der Waals surface area (Å²) < 4.78 is 41.2. The van der Waals surface area contributed by atoms with Crippen molar-refractivity contribution in [1.82, 2.24) is 10.2 Å². The van der Waals surface area contributed by atoms with Crippen molar-refractivity contribution in [3.63, 3.8) is 0 Å². The maximum Gasteiger partial charge on any atom is 0.262 e. The predicted molar refractivity (Wildman–Crippen MR) is 77.9 cm³/mol. The Morgan fingerprint density at radius 1 is 1.33 bits per heavy atom. The molecule has 0 aliphatic heterocycles. The van der Waals surface area contributed by atoms with Crippen molar-refractivity contribution in [3.8, 4) is 0 Å². The van der Waals surface area contributed by atoms with Gasteiger partial charge in [0.1, 0.15) is 5.82 Å². The molecule has 8 heteroatoms. The van der Waals surface area contributed by atoms with Crippen molar-refractivity contribution in [2.24, 2.45) is 5.73 Å². The number of hydrogen-bond acceptors (Lipinski definition) is 4. The fourth-order valence-electron chi connectivity index (χ4n) is 1.99. The van der Waals surface area contributed by atoms with E-state index >= 15 is 0 Å². The first-order chi connectivity index (χ1) is 9.76. The molecule has 0 amide bonds. The van der Waals surface area contributed by atoms with Gasteiger partial charge in [0.2, 0.25) is 0 Å². The Bertz CT molecular complexity index is 764. The van der Waals surface area contributed by atoms with Crippen molar-refractivity contribution in [1.29, 1.82) is 0 Å². The molecule has 0 aliphatic rings.